The molecule has 1 aliphatic carbocycles. The quantitative estimate of drug-likeness (QED) is 0.938. The van der Waals surface area contributed by atoms with Crippen LogP contribution < -0.4 is 5.73 Å². The van der Waals surface area contributed by atoms with Gasteiger partial charge in [-0.15, -0.1) is 0 Å². The van der Waals surface area contributed by atoms with Crippen molar-refractivity contribution in [1.82, 2.24) is 9.55 Å². The minimum Gasteiger partial charge on any atom is -0.330 e. The highest BCUT2D eigenvalue weighted by Gasteiger charge is 2.29. The number of nitrogens with zero attached hydrogens (tertiary/aromatic N) is 2. The molecule has 0 bridgehead atoms. The van der Waals surface area contributed by atoms with Gasteiger partial charge in [0.1, 0.15) is 5.82 Å². The number of imidazole rings is 1. The van der Waals surface area contributed by atoms with E-state index in [1.165, 1.54) is 24.2 Å². The van der Waals surface area contributed by atoms with Crippen molar-refractivity contribution in [3.8, 4) is 0 Å². The third kappa shape index (κ3) is 2.08. The Kier molecular flexibility index (Phi) is 3.16. The van der Waals surface area contributed by atoms with Gasteiger partial charge < -0.3 is 10.3 Å². The normalized spacial score (nSPS) is 17.3. The van der Waals surface area contributed by atoms with Gasteiger partial charge in [0.2, 0.25) is 0 Å². The molecular formula is C14H18BrN3. The summed E-state index contributed by atoms with van der Waals surface area (Å²) >= 11 is 3.52. The number of aromatic nitrogens is 2. The lowest BCUT2D eigenvalue weighted by Gasteiger charge is -2.13. The van der Waals surface area contributed by atoms with Crippen molar-refractivity contribution in [3.63, 3.8) is 0 Å². The number of halogens is 1. The van der Waals surface area contributed by atoms with Crippen molar-refractivity contribution in [1.29, 1.82) is 0 Å². The maximum Gasteiger partial charge on any atom is 0.113 e. The zero-order valence-electron chi connectivity index (χ0n) is 10.6. The summed E-state index contributed by atoms with van der Waals surface area (Å²) in [5.74, 6) is 1.64. The molecular weight excluding hydrogens is 290 g/mol. The Morgan fingerprint density at radius 2 is 2.28 bits per heavy atom. The molecule has 3 nitrogen and oxygen atoms in total. The van der Waals surface area contributed by atoms with Crippen molar-refractivity contribution in [2.24, 2.45) is 5.73 Å². The summed E-state index contributed by atoms with van der Waals surface area (Å²) in [6, 6.07) is 7.03. The van der Waals surface area contributed by atoms with Gasteiger partial charge in [-0.05, 0) is 44.0 Å². The van der Waals surface area contributed by atoms with Crippen LogP contribution in [-0.4, -0.2) is 16.1 Å². The van der Waals surface area contributed by atoms with Gasteiger partial charge in [0.15, 0.2) is 0 Å². The molecule has 0 radical (unpaired) electrons. The molecule has 0 amide bonds. The highest BCUT2D eigenvalue weighted by molar-refractivity contribution is 9.10. The number of rotatable bonds is 4. The Labute approximate surface area is 116 Å². The Bertz CT molecular complexity index is 572. The van der Waals surface area contributed by atoms with Crippen molar-refractivity contribution >= 4 is 27.0 Å². The van der Waals surface area contributed by atoms with Crippen LogP contribution in [0.1, 0.15) is 44.0 Å². The predicted octanol–water partition coefficient (Wildman–Crippen LogP) is 3.59. The lowest BCUT2D eigenvalue weighted by atomic mass is 10.1. The Morgan fingerprint density at radius 3 is 2.94 bits per heavy atom. The summed E-state index contributed by atoms with van der Waals surface area (Å²) in [4.78, 5) is 4.83. The molecule has 1 fully saturated rings. The van der Waals surface area contributed by atoms with Crippen molar-refractivity contribution in [2.45, 2.75) is 38.1 Å². The monoisotopic (exact) mass is 307 g/mol. The molecule has 2 aromatic rings. The van der Waals surface area contributed by atoms with E-state index in [1.54, 1.807) is 0 Å². The molecule has 1 heterocycles. The maximum atomic E-state index is 5.68. The first-order chi connectivity index (χ1) is 8.70. The second kappa shape index (κ2) is 4.67. The van der Waals surface area contributed by atoms with Crippen LogP contribution >= 0.6 is 15.9 Å². The minimum atomic E-state index is 0.432. The molecule has 1 aromatic heterocycles. The number of hydrogen-bond acceptors (Lipinski definition) is 2. The van der Waals surface area contributed by atoms with Gasteiger partial charge in [-0.1, -0.05) is 22.9 Å². The summed E-state index contributed by atoms with van der Waals surface area (Å²) in [7, 11) is 0. The van der Waals surface area contributed by atoms with Crippen LogP contribution in [0.5, 0.6) is 0 Å². The molecule has 0 spiro atoms. The summed E-state index contributed by atoms with van der Waals surface area (Å²) in [6.45, 7) is 2.95. The molecule has 18 heavy (non-hydrogen) atoms. The maximum absolute atomic E-state index is 5.68. The van der Waals surface area contributed by atoms with E-state index in [0.717, 1.165) is 23.0 Å². The van der Waals surface area contributed by atoms with Crippen LogP contribution in [0.25, 0.3) is 11.0 Å². The Hall–Kier alpha value is -0.870. The van der Waals surface area contributed by atoms with Crippen LogP contribution in [0.3, 0.4) is 0 Å². The third-order valence-corrected chi connectivity index (χ3v) is 4.12. The number of hydrogen-bond donors (Lipinski definition) is 1. The number of benzene rings is 1. The van der Waals surface area contributed by atoms with E-state index in [0.29, 0.717) is 12.0 Å². The summed E-state index contributed by atoms with van der Waals surface area (Å²) in [5.41, 5.74) is 8.04. The highest BCUT2D eigenvalue weighted by atomic mass is 79.9. The molecule has 1 aliphatic rings. The molecule has 0 saturated heterocycles. The number of fused-ring (bicyclic) bond motifs is 1. The topological polar surface area (TPSA) is 43.8 Å². The van der Waals surface area contributed by atoms with Crippen molar-refractivity contribution in [3.05, 3.63) is 28.5 Å². The van der Waals surface area contributed by atoms with Gasteiger partial charge in [0.05, 0.1) is 11.0 Å². The summed E-state index contributed by atoms with van der Waals surface area (Å²) < 4.78 is 3.52. The van der Waals surface area contributed by atoms with E-state index >= 15 is 0 Å². The summed E-state index contributed by atoms with van der Waals surface area (Å²) in [5, 5.41) is 0. The summed E-state index contributed by atoms with van der Waals surface area (Å²) in [6.07, 6.45) is 3.56. The first-order valence-electron chi connectivity index (χ1n) is 6.58. The average molecular weight is 308 g/mol. The first-order valence-corrected chi connectivity index (χ1v) is 7.37. The van der Waals surface area contributed by atoms with Gasteiger partial charge in [0.25, 0.3) is 0 Å². The zero-order valence-corrected chi connectivity index (χ0v) is 12.2. The minimum absolute atomic E-state index is 0.432. The molecule has 1 aromatic carbocycles. The fourth-order valence-electron chi connectivity index (χ4n) is 2.53. The smallest absolute Gasteiger partial charge is 0.113 e. The Morgan fingerprint density at radius 1 is 1.50 bits per heavy atom. The second-order valence-electron chi connectivity index (χ2n) is 5.18. The van der Waals surface area contributed by atoms with Crippen LogP contribution in [0.2, 0.25) is 0 Å². The lowest BCUT2D eigenvalue weighted by Crippen LogP contribution is -2.10. The van der Waals surface area contributed by atoms with Crippen LogP contribution in [0.4, 0.5) is 0 Å². The zero-order chi connectivity index (χ0) is 12.7. The predicted molar refractivity (Wildman–Crippen MR) is 77.8 cm³/mol. The van der Waals surface area contributed by atoms with Crippen LogP contribution in [0, 0.1) is 0 Å². The molecule has 1 atom stereocenters. The average Bonchev–Trinajstić information content (AvgIpc) is 3.10. The fraction of sp³-hybridized carbons (Fsp3) is 0.500. The van der Waals surface area contributed by atoms with Crippen LogP contribution in [-0.2, 0) is 0 Å². The van der Waals surface area contributed by atoms with Gasteiger partial charge >= 0.3 is 0 Å². The molecule has 1 unspecified atom stereocenters. The van der Waals surface area contributed by atoms with Crippen molar-refractivity contribution < 1.29 is 0 Å². The van der Waals surface area contributed by atoms with Gasteiger partial charge in [0, 0.05) is 16.4 Å². The first kappa shape index (κ1) is 12.2. The van der Waals surface area contributed by atoms with E-state index in [2.05, 4.69) is 45.6 Å². The van der Waals surface area contributed by atoms with E-state index < -0.39 is 0 Å². The molecule has 1 saturated carbocycles. The largest absolute Gasteiger partial charge is 0.330 e. The van der Waals surface area contributed by atoms with Crippen molar-refractivity contribution in [2.75, 3.05) is 6.54 Å². The standard InChI is InChI=1S/C14H18BrN3/c1-9(6-7-16)14-17-12-8-10(15)2-5-13(12)18(14)11-3-4-11/h2,5,8-9,11H,3-4,6-7,16H2,1H3. The Balaban J connectivity index is 2.14. The molecule has 96 valence electrons. The SMILES string of the molecule is CC(CCN)c1nc2cc(Br)ccc2n1C1CC1. The van der Waals surface area contributed by atoms with E-state index in [-0.39, 0.29) is 0 Å². The second-order valence-corrected chi connectivity index (χ2v) is 6.10. The van der Waals surface area contributed by atoms with E-state index in [4.69, 9.17) is 10.7 Å². The van der Waals surface area contributed by atoms with Gasteiger partial charge in [-0.3, -0.25) is 0 Å². The van der Waals surface area contributed by atoms with Gasteiger partial charge in [-0.2, -0.15) is 0 Å². The molecule has 2 N–H and O–H groups in total. The third-order valence-electron chi connectivity index (χ3n) is 3.63. The highest BCUT2D eigenvalue weighted by Crippen LogP contribution is 2.40. The fourth-order valence-corrected chi connectivity index (χ4v) is 2.88. The van der Waals surface area contributed by atoms with Gasteiger partial charge in [-0.25, -0.2) is 4.98 Å². The van der Waals surface area contributed by atoms with Crippen LogP contribution in [0.15, 0.2) is 22.7 Å². The molecule has 4 heteroatoms. The molecule has 0 aliphatic heterocycles. The number of nitrogens with two attached hydrogens (primary N) is 1. The van der Waals surface area contributed by atoms with E-state index in [1.807, 2.05) is 0 Å². The van der Waals surface area contributed by atoms with E-state index in [9.17, 15) is 0 Å². The lowest BCUT2D eigenvalue weighted by molar-refractivity contribution is 0.593. The molecule has 3 rings (SSSR count).